The number of hydrogen-bond acceptors (Lipinski definition) is 2. The van der Waals surface area contributed by atoms with Crippen molar-refractivity contribution in [2.24, 2.45) is 0 Å². The number of carbonyl (C=O) groups excluding carboxylic acids is 1. The van der Waals surface area contributed by atoms with E-state index in [0.29, 0.717) is 6.54 Å². The Balaban J connectivity index is 1.95. The third-order valence-corrected chi connectivity index (χ3v) is 3.66. The summed E-state index contributed by atoms with van der Waals surface area (Å²) in [7, 11) is 1.65. The third-order valence-electron chi connectivity index (χ3n) is 3.66. The number of anilines is 1. The summed E-state index contributed by atoms with van der Waals surface area (Å²) in [5, 5.41) is 5.71. The third kappa shape index (κ3) is 4.09. The molecular weight excluding hydrogens is 276 g/mol. The molecule has 116 valence electrons. The SMILES string of the molecule is CO[C@@H](CNC(=O)Nc1ccccc1C)c1ccccc1C. The number of benzene rings is 2. The molecule has 0 aliphatic rings. The highest BCUT2D eigenvalue weighted by molar-refractivity contribution is 5.90. The number of rotatable bonds is 5. The molecule has 22 heavy (non-hydrogen) atoms. The molecule has 1 atom stereocenters. The fourth-order valence-corrected chi connectivity index (χ4v) is 2.33. The summed E-state index contributed by atoms with van der Waals surface area (Å²) in [6, 6.07) is 15.5. The second kappa shape index (κ2) is 7.61. The summed E-state index contributed by atoms with van der Waals surface area (Å²) < 4.78 is 5.50. The van der Waals surface area contributed by atoms with E-state index in [9.17, 15) is 4.79 Å². The van der Waals surface area contributed by atoms with E-state index in [1.165, 1.54) is 0 Å². The topological polar surface area (TPSA) is 50.4 Å². The highest BCUT2D eigenvalue weighted by Gasteiger charge is 2.14. The second-order valence-corrected chi connectivity index (χ2v) is 5.23. The van der Waals surface area contributed by atoms with Crippen LogP contribution in [-0.2, 0) is 4.74 Å². The zero-order valence-electron chi connectivity index (χ0n) is 13.2. The lowest BCUT2D eigenvalue weighted by Gasteiger charge is -2.19. The number of para-hydroxylation sites is 1. The Morgan fingerprint density at radius 1 is 1.05 bits per heavy atom. The van der Waals surface area contributed by atoms with Crippen LogP contribution >= 0.6 is 0 Å². The molecule has 0 saturated heterocycles. The van der Waals surface area contributed by atoms with Gasteiger partial charge in [-0.15, -0.1) is 0 Å². The Morgan fingerprint density at radius 3 is 2.32 bits per heavy atom. The number of amides is 2. The number of nitrogens with one attached hydrogen (secondary N) is 2. The van der Waals surface area contributed by atoms with Crippen LogP contribution in [0.25, 0.3) is 0 Å². The van der Waals surface area contributed by atoms with Gasteiger partial charge in [-0.1, -0.05) is 42.5 Å². The first kappa shape index (κ1) is 16.0. The van der Waals surface area contributed by atoms with Gasteiger partial charge in [-0.05, 0) is 36.6 Å². The first-order valence-electron chi connectivity index (χ1n) is 7.30. The van der Waals surface area contributed by atoms with Crippen molar-refractivity contribution in [1.82, 2.24) is 5.32 Å². The van der Waals surface area contributed by atoms with Crippen molar-refractivity contribution < 1.29 is 9.53 Å². The molecule has 2 amide bonds. The number of aryl methyl sites for hydroxylation is 2. The van der Waals surface area contributed by atoms with E-state index in [4.69, 9.17) is 4.74 Å². The fraction of sp³-hybridized carbons (Fsp3) is 0.278. The van der Waals surface area contributed by atoms with Crippen LogP contribution in [0.4, 0.5) is 10.5 Å². The van der Waals surface area contributed by atoms with Crippen molar-refractivity contribution in [2.45, 2.75) is 20.0 Å². The average molecular weight is 298 g/mol. The minimum absolute atomic E-state index is 0.163. The van der Waals surface area contributed by atoms with Gasteiger partial charge < -0.3 is 15.4 Å². The van der Waals surface area contributed by atoms with Crippen LogP contribution in [-0.4, -0.2) is 19.7 Å². The number of methoxy groups -OCH3 is 1. The number of carbonyl (C=O) groups is 1. The summed E-state index contributed by atoms with van der Waals surface area (Å²) in [5.41, 5.74) is 4.07. The quantitative estimate of drug-likeness (QED) is 0.882. The summed E-state index contributed by atoms with van der Waals surface area (Å²) in [6.45, 7) is 4.41. The predicted molar refractivity (Wildman–Crippen MR) is 89.1 cm³/mol. The van der Waals surface area contributed by atoms with E-state index in [2.05, 4.69) is 10.6 Å². The summed E-state index contributed by atoms with van der Waals surface area (Å²) in [5.74, 6) is 0. The summed E-state index contributed by atoms with van der Waals surface area (Å²) >= 11 is 0. The lowest BCUT2D eigenvalue weighted by Crippen LogP contribution is -2.33. The van der Waals surface area contributed by atoms with Crippen molar-refractivity contribution in [3.8, 4) is 0 Å². The molecule has 2 rings (SSSR count). The maximum Gasteiger partial charge on any atom is 0.319 e. The van der Waals surface area contributed by atoms with Crippen LogP contribution < -0.4 is 10.6 Å². The van der Waals surface area contributed by atoms with Gasteiger partial charge in [-0.2, -0.15) is 0 Å². The number of ether oxygens (including phenoxy) is 1. The molecule has 0 fully saturated rings. The van der Waals surface area contributed by atoms with Gasteiger partial charge in [0.25, 0.3) is 0 Å². The van der Waals surface area contributed by atoms with Crippen LogP contribution in [0.1, 0.15) is 22.8 Å². The van der Waals surface area contributed by atoms with E-state index in [0.717, 1.165) is 22.4 Å². The van der Waals surface area contributed by atoms with Gasteiger partial charge in [0.05, 0.1) is 6.10 Å². The van der Waals surface area contributed by atoms with E-state index in [1.54, 1.807) is 7.11 Å². The molecule has 0 unspecified atom stereocenters. The zero-order chi connectivity index (χ0) is 15.9. The molecule has 0 heterocycles. The van der Waals surface area contributed by atoms with Crippen molar-refractivity contribution in [3.05, 3.63) is 65.2 Å². The van der Waals surface area contributed by atoms with Crippen LogP contribution in [0.15, 0.2) is 48.5 Å². The predicted octanol–water partition coefficient (Wildman–Crippen LogP) is 3.81. The molecule has 4 heteroatoms. The van der Waals surface area contributed by atoms with Crippen molar-refractivity contribution in [1.29, 1.82) is 0 Å². The molecular formula is C18H22N2O2. The second-order valence-electron chi connectivity index (χ2n) is 5.23. The van der Waals surface area contributed by atoms with Gasteiger partial charge in [-0.3, -0.25) is 0 Å². The molecule has 2 aromatic rings. The first-order valence-corrected chi connectivity index (χ1v) is 7.30. The zero-order valence-corrected chi connectivity index (χ0v) is 13.2. The smallest absolute Gasteiger partial charge is 0.319 e. The normalized spacial score (nSPS) is 11.8. The van der Waals surface area contributed by atoms with Gasteiger partial charge in [0, 0.05) is 19.3 Å². The monoisotopic (exact) mass is 298 g/mol. The summed E-state index contributed by atoms with van der Waals surface area (Å²) in [4.78, 5) is 12.0. The lowest BCUT2D eigenvalue weighted by molar-refractivity contribution is 0.104. The molecule has 2 N–H and O–H groups in total. The van der Waals surface area contributed by atoms with Crippen LogP contribution in [0.5, 0.6) is 0 Å². The lowest BCUT2D eigenvalue weighted by atomic mass is 10.0. The van der Waals surface area contributed by atoms with Crippen molar-refractivity contribution in [3.63, 3.8) is 0 Å². The number of hydrogen-bond donors (Lipinski definition) is 2. The minimum atomic E-state index is -0.232. The Labute approximate surface area is 131 Å². The average Bonchev–Trinajstić information content (AvgIpc) is 2.52. The molecule has 0 aliphatic carbocycles. The van der Waals surface area contributed by atoms with E-state index in [-0.39, 0.29) is 12.1 Å². The van der Waals surface area contributed by atoms with Crippen LogP contribution in [0.3, 0.4) is 0 Å². The van der Waals surface area contributed by atoms with Crippen molar-refractivity contribution >= 4 is 11.7 Å². The number of urea groups is 1. The molecule has 0 bridgehead atoms. The Bertz CT molecular complexity index is 640. The largest absolute Gasteiger partial charge is 0.375 e. The molecule has 0 spiro atoms. The fourth-order valence-electron chi connectivity index (χ4n) is 2.33. The summed E-state index contributed by atoms with van der Waals surface area (Å²) in [6.07, 6.45) is -0.163. The highest BCUT2D eigenvalue weighted by Crippen LogP contribution is 2.19. The van der Waals surface area contributed by atoms with E-state index in [1.807, 2.05) is 62.4 Å². The molecule has 0 saturated carbocycles. The van der Waals surface area contributed by atoms with E-state index >= 15 is 0 Å². The highest BCUT2D eigenvalue weighted by atomic mass is 16.5. The van der Waals surface area contributed by atoms with Crippen LogP contribution in [0.2, 0.25) is 0 Å². The van der Waals surface area contributed by atoms with Crippen molar-refractivity contribution in [2.75, 3.05) is 19.0 Å². The molecule has 4 nitrogen and oxygen atoms in total. The van der Waals surface area contributed by atoms with Gasteiger partial charge in [0.1, 0.15) is 0 Å². The van der Waals surface area contributed by atoms with Crippen LogP contribution in [0, 0.1) is 13.8 Å². The van der Waals surface area contributed by atoms with Gasteiger partial charge in [0.2, 0.25) is 0 Å². The maximum atomic E-state index is 12.0. The van der Waals surface area contributed by atoms with Gasteiger partial charge in [0.15, 0.2) is 0 Å². The Hall–Kier alpha value is -2.33. The first-order chi connectivity index (χ1) is 10.6. The molecule has 0 aliphatic heterocycles. The van der Waals surface area contributed by atoms with Gasteiger partial charge in [-0.25, -0.2) is 4.79 Å². The van der Waals surface area contributed by atoms with E-state index < -0.39 is 0 Å². The maximum absolute atomic E-state index is 12.0. The standard InChI is InChI=1S/C18H22N2O2/c1-13-8-4-6-10-15(13)17(22-3)12-19-18(21)20-16-11-7-5-9-14(16)2/h4-11,17H,12H2,1-3H3,(H2,19,20,21)/t17-/m0/s1. The molecule has 2 aromatic carbocycles. The minimum Gasteiger partial charge on any atom is -0.375 e. The Kier molecular flexibility index (Phi) is 5.55. The molecule has 0 aromatic heterocycles. The van der Waals surface area contributed by atoms with Gasteiger partial charge >= 0.3 is 6.03 Å². The molecule has 0 radical (unpaired) electrons. The Morgan fingerprint density at radius 2 is 1.68 bits per heavy atom.